The third-order valence-electron chi connectivity index (χ3n) is 3.58. The van der Waals surface area contributed by atoms with Gasteiger partial charge in [0.15, 0.2) is 17.6 Å². The van der Waals surface area contributed by atoms with Crippen LogP contribution >= 0.6 is 11.6 Å². The topological polar surface area (TPSA) is 56.8 Å². The molecule has 1 aliphatic heterocycles. The molecule has 5 nitrogen and oxygen atoms in total. The number of amides is 1. The van der Waals surface area contributed by atoms with Crippen molar-refractivity contribution in [3.8, 4) is 17.2 Å². The monoisotopic (exact) mass is 347 g/mol. The molecular formula is C18H18ClNO4. The zero-order chi connectivity index (χ0) is 16.9. The number of para-hydroxylation sites is 1. The van der Waals surface area contributed by atoms with Crippen LogP contribution in [0, 0.1) is 0 Å². The third-order valence-corrected chi connectivity index (χ3v) is 3.89. The lowest BCUT2D eigenvalue weighted by molar-refractivity contribution is -0.122. The molecule has 0 fully saturated rings. The fraction of sp³-hybridized carbons (Fsp3) is 0.278. The second-order valence-electron chi connectivity index (χ2n) is 5.29. The first kappa shape index (κ1) is 16.5. The Kier molecular flexibility index (Phi) is 5.11. The first-order valence-electron chi connectivity index (χ1n) is 7.79. The summed E-state index contributed by atoms with van der Waals surface area (Å²) in [5, 5.41) is 3.32. The Hall–Kier alpha value is -2.40. The molecule has 0 spiro atoms. The second-order valence-corrected chi connectivity index (χ2v) is 5.70. The van der Waals surface area contributed by atoms with Gasteiger partial charge in [0.25, 0.3) is 5.91 Å². The van der Waals surface area contributed by atoms with Gasteiger partial charge >= 0.3 is 0 Å². The van der Waals surface area contributed by atoms with Gasteiger partial charge in [-0.2, -0.15) is 0 Å². The minimum absolute atomic E-state index is 0.242. The Bertz CT molecular complexity index is 735. The highest BCUT2D eigenvalue weighted by atomic mass is 35.5. The molecule has 1 N–H and O–H groups in total. The Labute approximate surface area is 145 Å². The van der Waals surface area contributed by atoms with Crippen LogP contribution in [0.5, 0.6) is 17.2 Å². The van der Waals surface area contributed by atoms with E-state index < -0.39 is 6.10 Å². The summed E-state index contributed by atoms with van der Waals surface area (Å²) >= 11 is 6.08. The lowest BCUT2D eigenvalue weighted by Crippen LogP contribution is -2.32. The largest absolute Gasteiger partial charge is 0.486 e. The van der Waals surface area contributed by atoms with E-state index in [4.69, 9.17) is 25.8 Å². The maximum absolute atomic E-state index is 12.5. The van der Waals surface area contributed by atoms with Crippen LogP contribution in [0.25, 0.3) is 0 Å². The lowest BCUT2D eigenvalue weighted by atomic mass is 10.2. The summed E-state index contributed by atoms with van der Waals surface area (Å²) in [5.41, 5.74) is 0.630. The number of carbonyl (C=O) groups excluding carboxylic acids is 1. The molecule has 1 unspecified atom stereocenters. The van der Waals surface area contributed by atoms with E-state index >= 15 is 0 Å². The summed E-state index contributed by atoms with van der Waals surface area (Å²) in [7, 11) is 0. The van der Waals surface area contributed by atoms with E-state index in [0.717, 1.165) is 0 Å². The van der Waals surface area contributed by atoms with Crippen molar-refractivity contribution in [2.24, 2.45) is 0 Å². The van der Waals surface area contributed by atoms with Crippen molar-refractivity contribution in [3.63, 3.8) is 0 Å². The maximum Gasteiger partial charge on any atom is 0.265 e. The Balaban J connectivity index is 1.69. The molecule has 0 radical (unpaired) electrons. The summed E-state index contributed by atoms with van der Waals surface area (Å²) in [6.45, 7) is 2.91. The highest BCUT2D eigenvalue weighted by Gasteiger charge is 2.20. The number of ether oxygens (including phenoxy) is 3. The van der Waals surface area contributed by atoms with Crippen molar-refractivity contribution in [2.75, 3.05) is 18.5 Å². The number of rotatable bonds is 5. The van der Waals surface area contributed by atoms with Crippen molar-refractivity contribution in [2.45, 2.75) is 19.4 Å². The van der Waals surface area contributed by atoms with Crippen LogP contribution in [0.3, 0.4) is 0 Å². The molecule has 126 valence electrons. The van der Waals surface area contributed by atoms with Gasteiger partial charge in [-0.3, -0.25) is 4.79 Å². The number of halogens is 1. The zero-order valence-electron chi connectivity index (χ0n) is 13.3. The number of fused-ring (bicyclic) bond motifs is 1. The molecule has 1 atom stereocenters. The summed E-state index contributed by atoms with van der Waals surface area (Å²) in [6.07, 6.45) is -0.125. The number of hydrogen-bond donors (Lipinski definition) is 1. The number of carbonyl (C=O) groups is 1. The number of hydrogen-bond acceptors (Lipinski definition) is 4. The van der Waals surface area contributed by atoms with Crippen LogP contribution in [-0.2, 0) is 4.79 Å². The average molecular weight is 348 g/mol. The normalized spacial score (nSPS) is 13.9. The van der Waals surface area contributed by atoms with Gasteiger partial charge in [0.1, 0.15) is 19.0 Å². The van der Waals surface area contributed by atoms with Crippen molar-refractivity contribution in [1.29, 1.82) is 0 Å². The molecule has 6 heteroatoms. The number of nitrogens with one attached hydrogen (secondary N) is 1. The predicted octanol–water partition coefficient (Wildman–Crippen LogP) is 3.91. The van der Waals surface area contributed by atoms with Gasteiger partial charge in [0.2, 0.25) is 0 Å². The van der Waals surface area contributed by atoms with E-state index in [9.17, 15) is 4.79 Å². The van der Waals surface area contributed by atoms with Gasteiger partial charge in [0, 0.05) is 11.8 Å². The fourth-order valence-corrected chi connectivity index (χ4v) is 2.54. The van der Waals surface area contributed by atoms with E-state index in [0.29, 0.717) is 47.6 Å². The number of anilines is 1. The van der Waals surface area contributed by atoms with Crippen molar-refractivity contribution in [1.82, 2.24) is 0 Å². The molecular weight excluding hydrogens is 330 g/mol. The van der Waals surface area contributed by atoms with Crippen LogP contribution in [0.15, 0.2) is 42.5 Å². The highest BCUT2D eigenvalue weighted by molar-refractivity contribution is 6.32. The maximum atomic E-state index is 12.5. The van der Waals surface area contributed by atoms with E-state index in [1.165, 1.54) is 0 Å². The number of benzene rings is 2. The minimum Gasteiger partial charge on any atom is -0.486 e. The summed E-state index contributed by atoms with van der Waals surface area (Å²) < 4.78 is 16.7. The standard InChI is InChI=1S/C18H18ClNO4/c1-2-14(24-15-6-4-3-5-13(15)19)18(21)20-12-7-8-16-17(11-12)23-10-9-22-16/h3-8,11,14H,2,9-10H2,1H3,(H,20,21). The van der Waals surface area contributed by atoms with Crippen LogP contribution in [0.2, 0.25) is 5.02 Å². The molecule has 3 rings (SSSR count). The van der Waals surface area contributed by atoms with E-state index in [-0.39, 0.29) is 5.91 Å². The first-order valence-corrected chi connectivity index (χ1v) is 8.17. The molecule has 0 saturated heterocycles. The summed E-state index contributed by atoms with van der Waals surface area (Å²) in [5.74, 6) is 1.55. The third kappa shape index (κ3) is 3.74. The van der Waals surface area contributed by atoms with E-state index in [1.54, 1.807) is 30.3 Å². The quantitative estimate of drug-likeness (QED) is 0.891. The summed E-state index contributed by atoms with van der Waals surface area (Å²) in [6, 6.07) is 12.4. The van der Waals surface area contributed by atoms with E-state index in [2.05, 4.69) is 5.32 Å². The van der Waals surface area contributed by atoms with Crippen molar-refractivity contribution in [3.05, 3.63) is 47.5 Å². The first-order chi connectivity index (χ1) is 11.7. The molecule has 1 amide bonds. The van der Waals surface area contributed by atoms with Crippen molar-refractivity contribution >= 4 is 23.2 Å². The molecule has 1 heterocycles. The minimum atomic E-state index is -0.641. The van der Waals surface area contributed by atoms with Gasteiger partial charge in [0.05, 0.1) is 5.02 Å². The predicted molar refractivity (Wildman–Crippen MR) is 92.2 cm³/mol. The second kappa shape index (κ2) is 7.45. The smallest absolute Gasteiger partial charge is 0.265 e. The van der Waals surface area contributed by atoms with Crippen LogP contribution in [0.4, 0.5) is 5.69 Å². The SMILES string of the molecule is CCC(Oc1ccccc1Cl)C(=O)Nc1ccc2c(c1)OCCO2. The molecule has 1 aliphatic rings. The Morgan fingerprint density at radius 3 is 2.71 bits per heavy atom. The van der Waals surface area contributed by atoms with Gasteiger partial charge < -0.3 is 19.5 Å². The fourth-order valence-electron chi connectivity index (χ4n) is 2.36. The Morgan fingerprint density at radius 2 is 1.96 bits per heavy atom. The molecule has 0 aromatic heterocycles. The molecule has 24 heavy (non-hydrogen) atoms. The highest BCUT2D eigenvalue weighted by Crippen LogP contribution is 2.32. The van der Waals surface area contributed by atoms with E-state index in [1.807, 2.05) is 19.1 Å². The summed E-state index contributed by atoms with van der Waals surface area (Å²) in [4.78, 5) is 12.5. The molecule has 0 saturated carbocycles. The van der Waals surface area contributed by atoms with Crippen molar-refractivity contribution < 1.29 is 19.0 Å². The molecule has 2 aromatic rings. The van der Waals surface area contributed by atoms with Gasteiger partial charge in [-0.15, -0.1) is 0 Å². The molecule has 2 aromatic carbocycles. The Morgan fingerprint density at radius 1 is 1.21 bits per heavy atom. The van der Waals surface area contributed by atoms with Gasteiger partial charge in [-0.05, 0) is 30.7 Å². The van der Waals surface area contributed by atoms with Crippen LogP contribution in [-0.4, -0.2) is 25.2 Å². The molecule has 0 aliphatic carbocycles. The molecule has 0 bridgehead atoms. The zero-order valence-corrected chi connectivity index (χ0v) is 14.0. The van der Waals surface area contributed by atoms with Gasteiger partial charge in [-0.1, -0.05) is 30.7 Å². The van der Waals surface area contributed by atoms with Gasteiger partial charge in [-0.25, -0.2) is 0 Å². The lowest BCUT2D eigenvalue weighted by Gasteiger charge is -2.20. The van der Waals surface area contributed by atoms with Crippen LogP contribution < -0.4 is 19.5 Å². The van der Waals surface area contributed by atoms with Crippen LogP contribution in [0.1, 0.15) is 13.3 Å². The average Bonchev–Trinajstić information content (AvgIpc) is 2.61.